The first-order valence-electron chi connectivity index (χ1n) is 32.2. The van der Waals surface area contributed by atoms with Gasteiger partial charge in [-0.05, 0) is 133 Å². The van der Waals surface area contributed by atoms with E-state index < -0.39 is 53.2 Å². The Balaban J connectivity index is 0.000000194. The first-order chi connectivity index (χ1) is 46.1. The van der Waals surface area contributed by atoms with Gasteiger partial charge in [-0.15, -0.1) is 10.2 Å². The van der Waals surface area contributed by atoms with E-state index in [9.17, 15) is 35.5 Å². The average molecular weight is 1390 g/mol. The molecule has 7 aromatic rings. The lowest BCUT2D eigenvalue weighted by Gasteiger charge is -2.27. The SMILES string of the molecule is CC1(C)C(/C=C/Nc2ccccc2)=[N+](CCCCCC(=O)O)c2ccc(S(=O)(=O)O)cc21.CC1(C)C(=CC=CC2=[N+](CCCCCC(=O)O)c3ccc(S(=O)(=O)[O-])cc3C2(C)C)N(c2ccccc2)c2ccccc21.CC1=[N+](c2ccccc2)c2ccccc2C1(C)C.[O-][Cl+3]([O-])([O-])[O-]. The Labute approximate surface area is 577 Å². The molecule has 11 rings (SSSR count). The van der Waals surface area contributed by atoms with Crippen molar-refractivity contribution in [2.45, 2.75) is 145 Å². The molecule has 0 saturated heterocycles. The number of aliphatic carboxylic acids is 2. The molecule has 0 aliphatic carbocycles. The standard InChI is InChI=1S/C35H38N2O5S.C24H28N2O5S.C17H18N.ClHO4/c1-34(2)27-16-10-11-17-30(27)37(25-14-7-5-8-15-25)32(34)19-13-18-31-35(3,4)28-24-26(43(40,41)42)21-22-29(28)36(31)23-12-6-9-20-33(38)39;1-24(2)20-17-19(32(29,30)31)12-13-21(20)26(16-8-4-7-11-23(27)28)22(24)14-15-25-18-9-5-3-6-10-18;1-13-17(2,3)15-11-7-8-12-16(15)18(13)14-9-5-4-6-10-14;2-1(3,4)5/h5,7-8,10-11,13-19,21-22,24H,6,9,12,20,23H2,1-4H3,(H-,38,39,40,41,42);3,5-6,9-10,12-15,17H,4,7-8,11,16H2,1-2H3,(H2,27,28,29,30,31);4-12H,1-3H3;(H,2,3,4,5)/q;;+1;. The van der Waals surface area contributed by atoms with E-state index in [2.05, 4.69) is 168 Å². The number of carboxylic acids is 2. The fourth-order valence-electron chi connectivity index (χ4n) is 13.2. The number of fused-ring (bicyclic) bond motifs is 4. The summed E-state index contributed by atoms with van der Waals surface area (Å²) >= 11 is 0. The summed E-state index contributed by atoms with van der Waals surface area (Å²) in [6.07, 6.45) is 14.7. The van der Waals surface area contributed by atoms with Gasteiger partial charge in [-0.3, -0.25) is 14.1 Å². The van der Waals surface area contributed by atoms with E-state index in [4.69, 9.17) is 28.8 Å². The highest BCUT2D eigenvalue weighted by molar-refractivity contribution is 7.86. The van der Waals surface area contributed by atoms with Crippen LogP contribution in [0, 0.1) is 10.2 Å². The molecule has 0 radical (unpaired) electrons. The van der Waals surface area contributed by atoms with Gasteiger partial charge in [0.1, 0.15) is 23.2 Å². The molecule has 0 aromatic heterocycles. The van der Waals surface area contributed by atoms with Crippen molar-refractivity contribution in [1.82, 2.24) is 4.58 Å². The number of rotatable bonds is 21. The number of carboxylic acid groups (broad SMARTS) is 2. The predicted molar refractivity (Wildman–Crippen MR) is 371 cm³/mol. The number of hydrogen-bond donors (Lipinski definition) is 4. The first-order valence-corrected chi connectivity index (χ1v) is 36.3. The monoisotopic (exact) mass is 1390 g/mol. The van der Waals surface area contributed by atoms with Crippen molar-refractivity contribution >= 4 is 89.1 Å². The molecule has 7 aromatic carbocycles. The summed E-state index contributed by atoms with van der Waals surface area (Å²) in [7, 11) is -13.9. The summed E-state index contributed by atoms with van der Waals surface area (Å²) < 4.78 is 109. The second-order valence-corrected chi connectivity index (χ2v) is 29.9. The van der Waals surface area contributed by atoms with E-state index in [1.54, 1.807) is 12.1 Å². The van der Waals surface area contributed by atoms with Crippen LogP contribution in [0.15, 0.2) is 222 Å². The van der Waals surface area contributed by atoms with Crippen LogP contribution < -0.4 is 33.4 Å². The minimum atomic E-state index is -4.94. The van der Waals surface area contributed by atoms with Crippen molar-refractivity contribution in [3.63, 3.8) is 0 Å². The average Bonchev–Trinajstić information content (AvgIpc) is 1.61. The number of benzene rings is 7. The molecule has 22 heteroatoms. The van der Waals surface area contributed by atoms with E-state index in [1.165, 1.54) is 52.5 Å². The molecule has 0 saturated carbocycles. The molecule has 4 N–H and O–H groups in total. The third-order valence-electron chi connectivity index (χ3n) is 18.4. The van der Waals surface area contributed by atoms with Crippen molar-refractivity contribution in [2.75, 3.05) is 23.3 Å². The Kier molecular flexibility index (Phi) is 23.7. The number of para-hydroxylation sites is 5. The van der Waals surface area contributed by atoms with Crippen molar-refractivity contribution < 1.29 is 83.8 Å². The normalized spacial score (nSPS) is 16.6. The van der Waals surface area contributed by atoms with Crippen LogP contribution in [0.5, 0.6) is 0 Å². The number of hydrogen-bond acceptors (Lipinski definition) is 13. The van der Waals surface area contributed by atoms with E-state index in [1.807, 2.05) is 88.5 Å². The number of anilines is 3. The quantitative estimate of drug-likeness (QED) is 0.0295. The van der Waals surface area contributed by atoms with Crippen LogP contribution in [0.25, 0.3) is 0 Å². The van der Waals surface area contributed by atoms with E-state index >= 15 is 0 Å². The maximum Gasteiger partial charge on any atom is 0.303 e. The molecule has 0 atom stereocenters. The molecule has 0 fully saturated rings. The number of nitrogens with zero attached hydrogens (tertiary/aromatic N) is 4. The van der Waals surface area contributed by atoms with Gasteiger partial charge in [0.2, 0.25) is 22.7 Å². The van der Waals surface area contributed by atoms with Gasteiger partial charge in [-0.2, -0.15) is 22.1 Å². The summed E-state index contributed by atoms with van der Waals surface area (Å²) in [6.45, 7) is 20.7. The van der Waals surface area contributed by atoms with Gasteiger partial charge in [0.05, 0.1) is 26.0 Å². The lowest BCUT2D eigenvalue weighted by molar-refractivity contribution is -2.00. The molecule has 0 amide bonds. The van der Waals surface area contributed by atoms with Crippen molar-refractivity contribution in [3.05, 3.63) is 234 Å². The molecule has 4 aliphatic rings. The van der Waals surface area contributed by atoms with Crippen LogP contribution in [0.3, 0.4) is 0 Å². The van der Waals surface area contributed by atoms with Gasteiger partial charge in [0, 0.05) is 126 Å². The lowest BCUT2D eigenvalue weighted by atomic mass is 9.81. The van der Waals surface area contributed by atoms with Crippen molar-refractivity contribution in [3.8, 4) is 0 Å². The zero-order chi connectivity index (χ0) is 71.6. The number of halogens is 1. The highest BCUT2D eigenvalue weighted by Crippen LogP contribution is 2.51. The third kappa shape index (κ3) is 17.7. The van der Waals surface area contributed by atoms with Crippen LogP contribution >= 0.6 is 0 Å². The summed E-state index contributed by atoms with van der Waals surface area (Å²) in [6, 6.07) is 57.0. The number of carbonyl (C=O) groups is 2. The number of nitrogens with one attached hydrogen (secondary N) is 1. The van der Waals surface area contributed by atoms with Crippen LogP contribution in [0.4, 0.5) is 39.8 Å². The smallest absolute Gasteiger partial charge is 0.303 e. The minimum Gasteiger partial charge on any atom is -0.744 e. The maximum absolute atomic E-state index is 11.9. The van der Waals surface area contributed by atoms with Crippen LogP contribution in [0.2, 0.25) is 0 Å². The lowest BCUT2D eigenvalue weighted by Crippen LogP contribution is -2.68. The molecular formula is C76H85ClN5O14S2+. The van der Waals surface area contributed by atoms with E-state index in [0.29, 0.717) is 25.9 Å². The Morgan fingerprint density at radius 1 is 0.531 bits per heavy atom. The first kappa shape index (κ1) is 75.0. The molecule has 516 valence electrons. The van der Waals surface area contributed by atoms with Gasteiger partial charge >= 0.3 is 11.9 Å². The highest BCUT2D eigenvalue weighted by atomic mass is 35.7. The van der Waals surface area contributed by atoms with Gasteiger partial charge in [0.15, 0.2) is 17.1 Å². The fraction of sp³-hybridized carbons (Fsp3) is 0.303. The maximum atomic E-state index is 11.9. The summed E-state index contributed by atoms with van der Waals surface area (Å²) in [4.78, 5) is 23.7. The zero-order valence-corrected chi connectivity index (χ0v) is 58.9. The third-order valence-corrected chi connectivity index (χ3v) is 20.1. The zero-order valence-electron chi connectivity index (χ0n) is 56.5. The van der Waals surface area contributed by atoms with Crippen LogP contribution in [-0.2, 0) is 51.5 Å². The van der Waals surface area contributed by atoms with Crippen LogP contribution in [0.1, 0.15) is 136 Å². The van der Waals surface area contributed by atoms with Gasteiger partial charge in [-0.25, -0.2) is 27.1 Å². The van der Waals surface area contributed by atoms with Gasteiger partial charge in [0.25, 0.3) is 10.1 Å². The summed E-state index contributed by atoms with van der Waals surface area (Å²) in [5.74, 6) is -1.60. The fourth-order valence-corrected chi connectivity index (χ4v) is 14.2. The van der Waals surface area contributed by atoms with Crippen molar-refractivity contribution in [2.24, 2.45) is 0 Å². The Morgan fingerprint density at radius 3 is 1.51 bits per heavy atom. The number of allylic oxidation sites excluding steroid dienone is 5. The second-order valence-electron chi connectivity index (χ2n) is 26.4. The highest BCUT2D eigenvalue weighted by Gasteiger charge is 2.47. The largest absolute Gasteiger partial charge is 0.744 e. The molecule has 98 heavy (non-hydrogen) atoms. The molecule has 19 nitrogen and oxygen atoms in total. The molecule has 0 spiro atoms. The molecular weight excluding hydrogens is 1310 g/mol. The van der Waals surface area contributed by atoms with E-state index in [-0.39, 0.29) is 33.5 Å². The number of unbranched alkanes of at least 4 members (excludes halogenated alkanes) is 4. The Bertz CT molecular complexity index is 4500. The molecule has 0 unspecified atom stereocenters. The van der Waals surface area contributed by atoms with Gasteiger partial charge in [-0.1, -0.05) is 111 Å². The molecule has 4 aliphatic heterocycles. The molecule has 0 bridgehead atoms. The van der Waals surface area contributed by atoms with Crippen molar-refractivity contribution in [1.29, 1.82) is 0 Å². The molecule has 4 heterocycles. The minimum absolute atomic E-state index is 0.104. The second kappa shape index (κ2) is 31.0. The summed E-state index contributed by atoms with van der Waals surface area (Å²) in [5, 5.41) is 21.1. The topological polar surface area (TPSA) is 303 Å². The van der Waals surface area contributed by atoms with E-state index in [0.717, 1.165) is 82.4 Å². The van der Waals surface area contributed by atoms with Crippen LogP contribution in [-0.4, -0.2) is 87.5 Å². The Morgan fingerprint density at radius 2 is 0.990 bits per heavy atom. The Hall–Kier alpha value is -8.74. The van der Waals surface area contributed by atoms with Gasteiger partial charge < -0.3 is 25.0 Å². The summed E-state index contributed by atoms with van der Waals surface area (Å²) in [5.41, 5.74) is 15.0. The predicted octanol–water partition coefficient (Wildman–Crippen LogP) is 11.3.